The number of anilines is 1. The molecule has 0 atom stereocenters. The van der Waals surface area contributed by atoms with Gasteiger partial charge < -0.3 is 5.32 Å². The minimum Gasteiger partial charge on any atom is -0.324 e. The van der Waals surface area contributed by atoms with E-state index < -0.39 is 23.5 Å². The van der Waals surface area contributed by atoms with E-state index in [9.17, 15) is 27.2 Å². The molecule has 1 fully saturated rings. The van der Waals surface area contributed by atoms with Crippen molar-refractivity contribution in [3.05, 3.63) is 65.5 Å². The maximum absolute atomic E-state index is 13.0. The van der Waals surface area contributed by atoms with Crippen molar-refractivity contribution in [2.75, 3.05) is 25.0 Å². The van der Waals surface area contributed by atoms with Gasteiger partial charge in [0.05, 0.1) is 17.8 Å². The van der Waals surface area contributed by atoms with Crippen molar-refractivity contribution in [1.29, 1.82) is 0 Å². The van der Waals surface area contributed by atoms with E-state index in [-0.39, 0.29) is 23.9 Å². The van der Waals surface area contributed by atoms with Gasteiger partial charge in [-0.05, 0) is 62.3 Å². The standard InChI is InChI=1S/C21H20F4N2O2/c22-16-7-5-14(6-8-16)20(29)15-9-11-27(12-10-15)13-19(28)26-18-4-2-1-3-17(18)21(23,24)25/h1-8,15H,9-13H2,(H,26,28). The summed E-state index contributed by atoms with van der Waals surface area (Å²) in [5.74, 6) is -1.22. The molecule has 0 aliphatic carbocycles. The molecule has 29 heavy (non-hydrogen) atoms. The number of para-hydroxylation sites is 1. The third kappa shape index (κ3) is 5.41. The summed E-state index contributed by atoms with van der Waals surface area (Å²) < 4.78 is 52.1. The van der Waals surface area contributed by atoms with Crippen molar-refractivity contribution in [1.82, 2.24) is 4.90 Å². The number of nitrogens with one attached hydrogen (secondary N) is 1. The van der Waals surface area contributed by atoms with Crippen LogP contribution in [0.25, 0.3) is 0 Å². The van der Waals surface area contributed by atoms with Gasteiger partial charge in [0.1, 0.15) is 5.82 Å². The Morgan fingerprint density at radius 2 is 1.62 bits per heavy atom. The molecule has 4 nitrogen and oxygen atoms in total. The van der Waals surface area contributed by atoms with Crippen LogP contribution >= 0.6 is 0 Å². The lowest BCUT2D eigenvalue weighted by atomic mass is 9.89. The molecular weight excluding hydrogens is 388 g/mol. The molecule has 1 aliphatic heterocycles. The first-order valence-electron chi connectivity index (χ1n) is 9.22. The lowest BCUT2D eigenvalue weighted by Gasteiger charge is -2.30. The van der Waals surface area contributed by atoms with E-state index in [1.54, 1.807) is 4.90 Å². The fourth-order valence-electron chi connectivity index (χ4n) is 3.44. The second kappa shape index (κ2) is 8.73. The summed E-state index contributed by atoms with van der Waals surface area (Å²) in [7, 11) is 0. The predicted octanol–water partition coefficient (Wildman–Crippen LogP) is 4.38. The third-order valence-electron chi connectivity index (χ3n) is 4.96. The minimum absolute atomic E-state index is 0.0519. The average Bonchev–Trinajstić information content (AvgIpc) is 2.68. The van der Waals surface area contributed by atoms with E-state index in [1.807, 2.05) is 0 Å². The molecule has 0 unspecified atom stereocenters. The van der Waals surface area contributed by atoms with Crippen molar-refractivity contribution >= 4 is 17.4 Å². The Hall–Kier alpha value is -2.74. The van der Waals surface area contributed by atoms with Crippen LogP contribution in [0.4, 0.5) is 23.2 Å². The van der Waals surface area contributed by atoms with E-state index in [2.05, 4.69) is 5.32 Å². The SMILES string of the molecule is O=C(CN1CCC(C(=O)c2ccc(F)cc2)CC1)Nc1ccccc1C(F)(F)F. The molecule has 1 aliphatic rings. The normalized spacial score (nSPS) is 15.9. The number of hydrogen-bond acceptors (Lipinski definition) is 3. The second-order valence-corrected chi connectivity index (χ2v) is 7.01. The second-order valence-electron chi connectivity index (χ2n) is 7.01. The lowest BCUT2D eigenvalue weighted by Crippen LogP contribution is -2.40. The maximum Gasteiger partial charge on any atom is 0.418 e. The molecule has 0 saturated carbocycles. The molecule has 1 heterocycles. The van der Waals surface area contributed by atoms with Crippen LogP contribution in [0.3, 0.4) is 0 Å². The van der Waals surface area contributed by atoms with E-state index in [0.717, 1.165) is 6.07 Å². The molecule has 1 amide bonds. The molecule has 2 aromatic carbocycles. The minimum atomic E-state index is -4.55. The van der Waals surface area contributed by atoms with Crippen LogP contribution in [0.5, 0.6) is 0 Å². The van der Waals surface area contributed by atoms with Crippen LogP contribution in [0.2, 0.25) is 0 Å². The summed E-state index contributed by atoms with van der Waals surface area (Å²) in [6.07, 6.45) is -3.49. The van der Waals surface area contributed by atoms with E-state index >= 15 is 0 Å². The number of likely N-dealkylation sites (tertiary alicyclic amines) is 1. The largest absolute Gasteiger partial charge is 0.418 e. The van der Waals surface area contributed by atoms with Gasteiger partial charge in [-0.1, -0.05) is 12.1 Å². The van der Waals surface area contributed by atoms with Crippen molar-refractivity contribution in [3.8, 4) is 0 Å². The molecule has 2 aromatic rings. The highest BCUT2D eigenvalue weighted by atomic mass is 19.4. The van der Waals surface area contributed by atoms with Gasteiger partial charge in [-0.15, -0.1) is 0 Å². The average molecular weight is 408 g/mol. The summed E-state index contributed by atoms with van der Waals surface area (Å²) in [5.41, 5.74) is -0.713. The predicted molar refractivity (Wildman–Crippen MR) is 100.0 cm³/mol. The number of carbonyl (C=O) groups is 2. The first-order valence-corrected chi connectivity index (χ1v) is 9.22. The highest BCUT2D eigenvalue weighted by Crippen LogP contribution is 2.34. The molecule has 0 aromatic heterocycles. The Kier molecular flexibility index (Phi) is 6.32. The van der Waals surface area contributed by atoms with Crippen LogP contribution < -0.4 is 5.32 Å². The van der Waals surface area contributed by atoms with Gasteiger partial charge in [0.2, 0.25) is 5.91 Å². The summed E-state index contributed by atoms with van der Waals surface area (Å²) in [5, 5.41) is 2.33. The molecule has 1 saturated heterocycles. The Balaban J connectivity index is 1.53. The summed E-state index contributed by atoms with van der Waals surface area (Å²) in [6, 6.07) is 10.2. The summed E-state index contributed by atoms with van der Waals surface area (Å²) >= 11 is 0. The number of Topliss-reactive ketones (excluding diaryl/α,β-unsaturated/α-hetero) is 1. The maximum atomic E-state index is 13.0. The number of benzene rings is 2. The van der Waals surface area contributed by atoms with Gasteiger partial charge in [0, 0.05) is 11.5 Å². The van der Waals surface area contributed by atoms with Gasteiger partial charge in [-0.2, -0.15) is 13.2 Å². The fourth-order valence-corrected chi connectivity index (χ4v) is 3.44. The van der Waals surface area contributed by atoms with Crippen LogP contribution in [0, 0.1) is 11.7 Å². The number of hydrogen-bond donors (Lipinski definition) is 1. The zero-order valence-corrected chi connectivity index (χ0v) is 15.5. The third-order valence-corrected chi connectivity index (χ3v) is 4.96. The monoisotopic (exact) mass is 408 g/mol. The highest BCUT2D eigenvalue weighted by molar-refractivity contribution is 5.98. The molecule has 8 heteroatoms. The number of carbonyl (C=O) groups excluding carboxylic acids is 2. The molecule has 0 radical (unpaired) electrons. The van der Waals surface area contributed by atoms with Gasteiger partial charge in [-0.3, -0.25) is 14.5 Å². The Labute approximate surface area is 165 Å². The van der Waals surface area contributed by atoms with Crippen LogP contribution in [-0.4, -0.2) is 36.2 Å². The van der Waals surface area contributed by atoms with Gasteiger partial charge >= 0.3 is 6.18 Å². The number of amides is 1. The highest BCUT2D eigenvalue weighted by Gasteiger charge is 2.34. The van der Waals surface area contributed by atoms with Crippen LogP contribution in [-0.2, 0) is 11.0 Å². The zero-order valence-electron chi connectivity index (χ0n) is 15.5. The summed E-state index contributed by atoms with van der Waals surface area (Å²) in [4.78, 5) is 26.5. The Morgan fingerprint density at radius 1 is 1.00 bits per heavy atom. The smallest absolute Gasteiger partial charge is 0.324 e. The quantitative estimate of drug-likeness (QED) is 0.590. The molecule has 3 rings (SSSR count). The first-order chi connectivity index (χ1) is 13.7. The number of halogens is 4. The molecule has 1 N–H and O–H groups in total. The van der Waals surface area contributed by atoms with Crippen molar-refractivity contribution in [2.45, 2.75) is 19.0 Å². The number of piperidine rings is 1. The topological polar surface area (TPSA) is 49.4 Å². The van der Waals surface area contributed by atoms with E-state index in [0.29, 0.717) is 31.5 Å². The fraction of sp³-hybridized carbons (Fsp3) is 0.333. The number of alkyl halides is 3. The van der Waals surface area contributed by atoms with Crippen LogP contribution in [0.1, 0.15) is 28.8 Å². The van der Waals surface area contributed by atoms with Crippen molar-refractivity contribution in [3.63, 3.8) is 0 Å². The van der Waals surface area contributed by atoms with Crippen LogP contribution in [0.15, 0.2) is 48.5 Å². The van der Waals surface area contributed by atoms with E-state index in [1.165, 1.54) is 42.5 Å². The molecular formula is C21H20F4N2O2. The molecule has 0 bridgehead atoms. The van der Waals surface area contributed by atoms with Gasteiger partial charge in [-0.25, -0.2) is 4.39 Å². The summed E-state index contributed by atoms with van der Waals surface area (Å²) in [6.45, 7) is 0.904. The number of ketones is 1. The first kappa shape index (κ1) is 21.0. The molecule has 0 spiro atoms. The number of rotatable bonds is 5. The Bertz CT molecular complexity index is 873. The molecule has 154 valence electrons. The Morgan fingerprint density at radius 3 is 2.24 bits per heavy atom. The lowest BCUT2D eigenvalue weighted by molar-refractivity contribution is -0.137. The number of nitrogens with zero attached hydrogens (tertiary/aromatic N) is 1. The van der Waals surface area contributed by atoms with E-state index in [4.69, 9.17) is 0 Å². The van der Waals surface area contributed by atoms with Gasteiger partial charge in [0.15, 0.2) is 5.78 Å². The zero-order chi connectivity index (χ0) is 21.0. The van der Waals surface area contributed by atoms with Gasteiger partial charge in [0.25, 0.3) is 0 Å². The van der Waals surface area contributed by atoms with Crippen molar-refractivity contribution < 1.29 is 27.2 Å². The van der Waals surface area contributed by atoms with Crippen molar-refractivity contribution in [2.24, 2.45) is 5.92 Å².